The number of anilines is 1. The smallest absolute Gasteiger partial charge is 0.221 e. The molecule has 0 saturated carbocycles. The zero-order chi connectivity index (χ0) is 17.2. The number of benzene rings is 1. The largest absolute Gasteiger partial charge is 0.371 e. The summed E-state index contributed by atoms with van der Waals surface area (Å²) < 4.78 is 0. The number of aliphatic hydroxyl groups is 1. The highest BCUT2D eigenvalue weighted by molar-refractivity contribution is 5.88. The van der Waals surface area contributed by atoms with Gasteiger partial charge >= 0.3 is 0 Å². The topological polar surface area (TPSA) is 91.0 Å². The molecule has 126 valence electrons. The van der Waals surface area contributed by atoms with Crippen molar-refractivity contribution in [1.82, 2.24) is 4.90 Å². The molecular weight excluding hydrogens is 292 g/mol. The lowest BCUT2D eigenvalue weighted by Gasteiger charge is -2.32. The predicted molar refractivity (Wildman–Crippen MR) is 91.8 cm³/mol. The van der Waals surface area contributed by atoms with Crippen LogP contribution in [0, 0.1) is 5.92 Å². The summed E-state index contributed by atoms with van der Waals surface area (Å²) in [4.78, 5) is 17.4. The summed E-state index contributed by atoms with van der Waals surface area (Å²) in [7, 11) is 0. The number of hydrogen-bond donors (Lipinski definition) is 3. The minimum atomic E-state index is -0.755. The summed E-state index contributed by atoms with van der Waals surface area (Å²) in [5, 5.41) is 13.4. The molecule has 0 aliphatic carbocycles. The molecule has 1 heterocycles. The Hall–Kier alpha value is -2.08. The number of amides is 1. The zero-order valence-corrected chi connectivity index (χ0v) is 14.2. The summed E-state index contributed by atoms with van der Waals surface area (Å²) in [6, 6.07) is 7.50. The molecule has 1 aliphatic heterocycles. The van der Waals surface area contributed by atoms with Crippen LogP contribution in [-0.4, -0.2) is 33.6 Å². The minimum absolute atomic E-state index is 0.117. The highest BCUT2D eigenvalue weighted by Crippen LogP contribution is 2.32. The van der Waals surface area contributed by atoms with E-state index in [1.807, 2.05) is 31.2 Å². The van der Waals surface area contributed by atoms with Crippen LogP contribution in [0.1, 0.15) is 39.7 Å². The van der Waals surface area contributed by atoms with Crippen LogP contribution in [0.5, 0.6) is 0 Å². The third kappa shape index (κ3) is 4.01. The van der Waals surface area contributed by atoms with E-state index in [1.54, 1.807) is 4.90 Å². The number of carbonyl (C=O) groups is 1. The first-order valence-electron chi connectivity index (χ1n) is 7.88. The number of aliphatic hydroxyl groups excluding tert-OH is 1. The van der Waals surface area contributed by atoms with Crippen molar-refractivity contribution < 1.29 is 9.90 Å². The maximum absolute atomic E-state index is 11.2. The van der Waals surface area contributed by atoms with Gasteiger partial charge in [0, 0.05) is 19.2 Å². The maximum Gasteiger partial charge on any atom is 0.221 e. The normalized spacial score (nSPS) is 24.0. The second-order valence-electron chi connectivity index (χ2n) is 6.81. The van der Waals surface area contributed by atoms with E-state index in [2.05, 4.69) is 24.2 Å². The van der Waals surface area contributed by atoms with Crippen LogP contribution in [0.25, 0.3) is 0 Å². The van der Waals surface area contributed by atoms with Gasteiger partial charge in [0.05, 0.1) is 0 Å². The lowest BCUT2D eigenvalue weighted by Crippen LogP contribution is -2.47. The van der Waals surface area contributed by atoms with E-state index in [4.69, 9.17) is 5.73 Å². The molecule has 23 heavy (non-hydrogen) atoms. The zero-order valence-electron chi connectivity index (χ0n) is 14.2. The van der Waals surface area contributed by atoms with Crippen molar-refractivity contribution in [1.29, 1.82) is 0 Å². The molecule has 0 saturated heterocycles. The van der Waals surface area contributed by atoms with Crippen LogP contribution < -0.4 is 11.1 Å². The Balaban J connectivity index is 2.15. The van der Waals surface area contributed by atoms with E-state index < -0.39 is 11.8 Å². The van der Waals surface area contributed by atoms with Gasteiger partial charge in [0.25, 0.3) is 0 Å². The summed E-state index contributed by atoms with van der Waals surface area (Å²) in [6.45, 7) is 8.04. The summed E-state index contributed by atoms with van der Waals surface area (Å²) in [5.74, 6) is 0.647. The van der Waals surface area contributed by atoms with Crippen molar-refractivity contribution >= 4 is 17.6 Å². The van der Waals surface area contributed by atoms with E-state index in [0.29, 0.717) is 18.4 Å². The Kier molecular flexibility index (Phi) is 4.94. The third-order valence-electron chi connectivity index (χ3n) is 3.94. The van der Waals surface area contributed by atoms with Crippen molar-refractivity contribution in [2.45, 2.75) is 52.4 Å². The molecule has 6 nitrogen and oxygen atoms in total. The van der Waals surface area contributed by atoms with Gasteiger partial charge in [-0.1, -0.05) is 26.0 Å². The molecule has 1 amide bonds. The molecule has 1 aromatic carbocycles. The average molecular weight is 318 g/mol. The summed E-state index contributed by atoms with van der Waals surface area (Å²) in [6.07, 6.45) is 0.00595. The van der Waals surface area contributed by atoms with Crippen molar-refractivity contribution in [3.63, 3.8) is 0 Å². The molecule has 0 bridgehead atoms. The van der Waals surface area contributed by atoms with Crippen LogP contribution in [0.2, 0.25) is 0 Å². The second kappa shape index (κ2) is 6.58. The van der Waals surface area contributed by atoms with Crippen LogP contribution in [0.3, 0.4) is 0 Å². The molecule has 0 aromatic heterocycles. The molecule has 0 fully saturated rings. The predicted octanol–water partition coefficient (Wildman–Crippen LogP) is 1.90. The van der Waals surface area contributed by atoms with Gasteiger partial charge < -0.3 is 21.1 Å². The fourth-order valence-electron chi connectivity index (χ4n) is 3.14. The van der Waals surface area contributed by atoms with Crippen molar-refractivity contribution in [3.8, 4) is 0 Å². The Morgan fingerprint density at radius 1 is 1.52 bits per heavy atom. The number of aliphatic imine (C=N–C) groups is 1. The molecular formula is C17H26N4O2. The van der Waals surface area contributed by atoms with Gasteiger partial charge in [-0.25, -0.2) is 4.99 Å². The third-order valence-corrected chi connectivity index (χ3v) is 3.94. The summed E-state index contributed by atoms with van der Waals surface area (Å²) >= 11 is 0. The highest BCUT2D eigenvalue weighted by Gasteiger charge is 2.43. The fraction of sp³-hybridized carbons (Fsp3) is 0.529. The van der Waals surface area contributed by atoms with Crippen molar-refractivity contribution in [2.75, 3.05) is 5.32 Å². The molecule has 2 atom stereocenters. The first-order valence-corrected chi connectivity index (χ1v) is 7.88. The first kappa shape index (κ1) is 17.3. The average Bonchev–Trinajstić information content (AvgIpc) is 2.61. The van der Waals surface area contributed by atoms with Gasteiger partial charge in [0.15, 0.2) is 12.2 Å². The number of nitrogens with zero attached hydrogens (tertiary/aromatic N) is 2. The standard InChI is InChI=1S/C17H26N4O2/c1-11(2)9-17(4)15(23)21(16(18)20-17)10-13-6-5-7-14(8-13)19-12(3)22/h5-8,11,15,23H,9-10H2,1-4H3,(H2,18,20)(H,19,22). The molecule has 1 aromatic rings. The number of hydrogen-bond acceptors (Lipinski definition) is 5. The minimum Gasteiger partial charge on any atom is -0.371 e. The van der Waals surface area contributed by atoms with E-state index in [9.17, 15) is 9.90 Å². The Bertz CT molecular complexity index is 614. The SMILES string of the molecule is CC(=O)Nc1cccc(CN2C(N)=NC(C)(CC(C)C)C2O)c1. The molecule has 6 heteroatoms. The number of nitrogens with one attached hydrogen (secondary N) is 1. The lowest BCUT2D eigenvalue weighted by molar-refractivity contribution is -0.114. The van der Waals surface area contributed by atoms with Crippen LogP contribution in [0.15, 0.2) is 29.3 Å². The van der Waals surface area contributed by atoms with E-state index in [-0.39, 0.29) is 5.91 Å². The Morgan fingerprint density at radius 3 is 2.83 bits per heavy atom. The van der Waals surface area contributed by atoms with Gasteiger partial charge in [-0.3, -0.25) is 4.79 Å². The van der Waals surface area contributed by atoms with E-state index in [1.165, 1.54) is 6.92 Å². The van der Waals surface area contributed by atoms with Crippen LogP contribution >= 0.6 is 0 Å². The highest BCUT2D eigenvalue weighted by atomic mass is 16.3. The van der Waals surface area contributed by atoms with Gasteiger partial charge in [-0.15, -0.1) is 0 Å². The quantitative estimate of drug-likeness (QED) is 0.773. The van der Waals surface area contributed by atoms with Gasteiger partial charge in [-0.05, 0) is 37.0 Å². The van der Waals surface area contributed by atoms with Crippen LogP contribution in [0.4, 0.5) is 5.69 Å². The fourth-order valence-corrected chi connectivity index (χ4v) is 3.14. The molecule has 2 unspecified atom stereocenters. The molecule has 0 radical (unpaired) electrons. The first-order chi connectivity index (χ1) is 10.7. The van der Waals surface area contributed by atoms with E-state index in [0.717, 1.165) is 17.7 Å². The Morgan fingerprint density at radius 2 is 2.22 bits per heavy atom. The van der Waals surface area contributed by atoms with Gasteiger partial charge in [0.2, 0.25) is 5.91 Å². The second-order valence-corrected chi connectivity index (χ2v) is 6.81. The summed E-state index contributed by atoms with van der Waals surface area (Å²) in [5.41, 5.74) is 7.12. The molecule has 0 spiro atoms. The molecule has 2 rings (SSSR count). The number of rotatable bonds is 5. The molecule has 4 N–H and O–H groups in total. The Labute approximate surface area is 137 Å². The maximum atomic E-state index is 11.2. The monoisotopic (exact) mass is 318 g/mol. The van der Waals surface area contributed by atoms with Crippen molar-refractivity contribution in [2.24, 2.45) is 16.6 Å². The van der Waals surface area contributed by atoms with E-state index >= 15 is 0 Å². The number of nitrogens with two attached hydrogens (primary N) is 1. The van der Waals surface area contributed by atoms with Gasteiger partial charge in [0.1, 0.15) is 5.54 Å². The van der Waals surface area contributed by atoms with Crippen molar-refractivity contribution in [3.05, 3.63) is 29.8 Å². The number of guanidine groups is 1. The van der Waals surface area contributed by atoms with Crippen LogP contribution in [-0.2, 0) is 11.3 Å². The number of carbonyl (C=O) groups excluding carboxylic acids is 1. The van der Waals surface area contributed by atoms with Gasteiger partial charge in [-0.2, -0.15) is 0 Å². The molecule has 1 aliphatic rings. The lowest BCUT2D eigenvalue weighted by atomic mass is 9.90.